The lowest BCUT2D eigenvalue weighted by Crippen LogP contribution is -2.05. The fourth-order valence-corrected chi connectivity index (χ4v) is 1.91. The Morgan fingerprint density at radius 1 is 1.21 bits per heavy atom. The van der Waals surface area contributed by atoms with Gasteiger partial charge in [0.05, 0.1) is 16.3 Å². The van der Waals surface area contributed by atoms with E-state index in [0.717, 1.165) is 10.0 Å². The standard InChI is InChI=1S/C14H11BrClNO2/c15-11-4-1-9(2-5-11)8-19-14(18)10-3-6-13(17)12(16)7-10/h1-7H,8,17H2. The van der Waals surface area contributed by atoms with Crippen molar-refractivity contribution in [1.82, 2.24) is 0 Å². The van der Waals surface area contributed by atoms with Crippen LogP contribution in [0, 0.1) is 0 Å². The van der Waals surface area contributed by atoms with Gasteiger partial charge in [0, 0.05) is 4.47 Å². The number of ether oxygens (including phenoxy) is 1. The molecule has 0 atom stereocenters. The predicted molar refractivity (Wildman–Crippen MR) is 79.1 cm³/mol. The number of carbonyl (C=O) groups excluding carboxylic acids is 1. The molecule has 5 heteroatoms. The molecule has 2 rings (SSSR count). The Morgan fingerprint density at radius 3 is 2.53 bits per heavy atom. The molecule has 0 aliphatic heterocycles. The molecule has 0 fully saturated rings. The minimum Gasteiger partial charge on any atom is -0.457 e. The molecule has 0 spiro atoms. The van der Waals surface area contributed by atoms with Crippen molar-refractivity contribution < 1.29 is 9.53 Å². The van der Waals surface area contributed by atoms with E-state index in [-0.39, 0.29) is 6.61 Å². The van der Waals surface area contributed by atoms with Crippen LogP contribution in [0.3, 0.4) is 0 Å². The molecule has 0 radical (unpaired) electrons. The number of esters is 1. The van der Waals surface area contributed by atoms with Gasteiger partial charge in [-0.2, -0.15) is 0 Å². The number of carbonyl (C=O) groups is 1. The minimum absolute atomic E-state index is 0.216. The van der Waals surface area contributed by atoms with Gasteiger partial charge in [-0.3, -0.25) is 0 Å². The summed E-state index contributed by atoms with van der Waals surface area (Å²) in [7, 11) is 0. The molecule has 98 valence electrons. The van der Waals surface area contributed by atoms with Crippen molar-refractivity contribution in [2.24, 2.45) is 0 Å². The minimum atomic E-state index is -0.426. The van der Waals surface area contributed by atoms with E-state index >= 15 is 0 Å². The highest BCUT2D eigenvalue weighted by atomic mass is 79.9. The molecule has 3 nitrogen and oxygen atoms in total. The molecule has 19 heavy (non-hydrogen) atoms. The van der Waals surface area contributed by atoms with E-state index in [1.54, 1.807) is 12.1 Å². The monoisotopic (exact) mass is 339 g/mol. The highest BCUT2D eigenvalue weighted by Gasteiger charge is 2.09. The third-order valence-electron chi connectivity index (χ3n) is 2.52. The van der Waals surface area contributed by atoms with Crippen molar-refractivity contribution in [3.05, 3.63) is 63.1 Å². The van der Waals surface area contributed by atoms with Crippen LogP contribution >= 0.6 is 27.5 Å². The molecule has 0 aliphatic rings. The first-order valence-corrected chi connectivity index (χ1v) is 6.70. The van der Waals surface area contributed by atoms with Gasteiger partial charge in [0.1, 0.15) is 6.61 Å². The number of benzene rings is 2. The Hall–Kier alpha value is -1.52. The largest absolute Gasteiger partial charge is 0.457 e. The Bertz CT molecular complexity index is 599. The maximum Gasteiger partial charge on any atom is 0.338 e. The fraction of sp³-hybridized carbons (Fsp3) is 0.0714. The summed E-state index contributed by atoms with van der Waals surface area (Å²) in [6.45, 7) is 0.216. The maximum atomic E-state index is 11.8. The van der Waals surface area contributed by atoms with Gasteiger partial charge in [-0.15, -0.1) is 0 Å². The van der Waals surface area contributed by atoms with E-state index in [1.165, 1.54) is 6.07 Å². The molecule has 2 aromatic rings. The molecule has 0 unspecified atom stereocenters. The van der Waals surface area contributed by atoms with Crippen LogP contribution in [-0.2, 0) is 11.3 Å². The average Bonchev–Trinajstić information content (AvgIpc) is 2.41. The maximum absolute atomic E-state index is 11.8. The molecule has 0 saturated heterocycles. The summed E-state index contributed by atoms with van der Waals surface area (Å²) in [4.78, 5) is 11.8. The van der Waals surface area contributed by atoms with Gasteiger partial charge in [0.2, 0.25) is 0 Å². The van der Waals surface area contributed by atoms with E-state index in [4.69, 9.17) is 22.1 Å². The highest BCUT2D eigenvalue weighted by molar-refractivity contribution is 9.10. The molecule has 2 aromatic carbocycles. The first-order chi connectivity index (χ1) is 9.06. The topological polar surface area (TPSA) is 52.3 Å². The molecule has 0 aliphatic carbocycles. The van der Waals surface area contributed by atoms with E-state index in [1.807, 2.05) is 24.3 Å². The van der Waals surface area contributed by atoms with Crippen molar-refractivity contribution in [3.8, 4) is 0 Å². The zero-order valence-corrected chi connectivity index (χ0v) is 12.2. The van der Waals surface area contributed by atoms with Crippen LogP contribution in [0.5, 0.6) is 0 Å². The number of halogens is 2. The van der Waals surface area contributed by atoms with Gasteiger partial charge in [-0.1, -0.05) is 39.7 Å². The lowest BCUT2D eigenvalue weighted by molar-refractivity contribution is 0.0473. The summed E-state index contributed by atoms with van der Waals surface area (Å²) in [6, 6.07) is 12.2. The van der Waals surface area contributed by atoms with E-state index in [9.17, 15) is 4.79 Å². The lowest BCUT2D eigenvalue weighted by atomic mass is 10.2. The predicted octanol–water partition coefficient (Wildman–Crippen LogP) is 4.04. The number of nitrogens with two attached hydrogens (primary N) is 1. The van der Waals surface area contributed by atoms with Gasteiger partial charge < -0.3 is 10.5 Å². The molecular weight excluding hydrogens is 330 g/mol. The first kappa shape index (κ1) is 13.9. The van der Waals surface area contributed by atoms with Crippen LogP contribution in [0.25, 0.3) is 0 Å². The van der Waals surface area contributed by atoms with E-state index < -0.39 is 5.97 Å². The van der Waals surface area contributed by atoms with Crippen molar-refractivity contribution in [1.29, 1.82) is 0 Å². The van der Waals surface area contributed by atoms with Gasteiger partial charge >= 0.3 is 5.97 Å². The summed E-state index contributed by atoms with van der Waals surface area (Å²) in [5.74, 6) is -0.426. The van der Waals surface area contributed by atoms with Crippen LogP contribution in [0.4, 0.5) is 5.69 Å². The van der Waals surface area contributed by atoms with Crippen LogP contribution < -0.4 is 5.73 Å². The van der Waals surface area contributed by atoms with E-state index in [0.29, 0.717) is 16.3 Å². The molecule has 0 heterocycles. The van der Waals surface area contributed by atoms with Gasteiger partial charge in [-0.05, 0) is 35.9 Å². The second kappa shape index (κ2) is 6.08. The van der Waals surface area contributed by atoms with Crippen molar-refractivity contribution in [2.45, 2.75) is 6.61 Å². The second-order valence-corrected chi connectivity index (χ2v) is 5.26. The number of nitrogen functional groups attached to an aromatic ring is 1. The number of hydrogen-bond acceptors (Lipinski definition) is 3. The summed E-state index contributed by atoms with van der Waals surface area (Å²) in [5.41, 5.74) is 7.32. The molecule has 0 saturated carbocycles. The highest BCUT2D eigenvalue weighted by Crippen LogP contribution is 2.20. The number of rotatable bonds is 3. The van der Waals surface area contributed by atoms with Gasteiger partial charge in [0.15, 0.2) is 0 Å². The third kappa shape index (κ3) is 3.72. The van der Waals surface area contributed by atoms with Crippen LogP contribution in [0.2, 0.25) is 5.02 Å². The number of hydrogen-bond donors (Lipinski definition) is 1. The summed E-state index contributed by atoms with van der Waals surface area (Å²) in [5, 5.41) is 0.345. The summed E-state index contributed by atoms with van der Waals surface area (Å²) in [6.07, 6.45) is 0. The smallest absolute Gasteiger partial charge is 0.338 e. The van der Waals surface area contributed by atoms with Crippen molar-refractivity contribution >= 4 is 39.2 Å². The SMILES string of the molecule is Nc1ccc(C(=O)OCc2ccc(Br)cc2)cc1Cl. The first-order valence-electron chi connectivity index (χ1n) is 5.53. The lowest BCUT2D eigenvalue weighted by Gasteiger charge is -2.06. The third-order valence-corrected chi connectivity index (χ3v) is 3.38. The molecule has 0 amide bonds. The van der Waals surface area contributed by atoms with Gasteiger partial charge in [0.25, 0.3) is 0 Å². The van der Waals surface area contributed by atoms with Crippen molar-refractivity contribution in [2.75, 3.05) is 5.73 Å². The second-order valence-electron chi connectivity index (χ2n) is 3.94. The Labute approximate surface area is 124 Å². The number of anilines is 1. The zero-order valence-electron chi connectivity index (χ0n) is 9.90. The molecule has 2 N–H and O–H groups in total. The van der Waals surface area contributed by atoms with E-state index in [2.05, 4.69) is 15.9 Å². The normalized spacial score (nSPS) is 10.2. The van der Waals surface area contributed by atoms with Crippen LogP contribution in [0.1, 0.15) is 15.9 Å². The quantitative estimate of drug-likeness (QED) is 0.677. The Balaban J connectivity index is 2.01. The van der Waals surface area contributed by atoms with Gasteiger partial charge in [-0.25, -0.2) is 4.79 Å². The van der Waals surface area contributed by atoms with Crippen molar-refractivity contribution in [3.63, 3.8) is 0 Å². The zero-order chi connectivity index (χ0) is 13.8. The Morgan fingerprint density at radius 2 is 1.89 bits per heavy atom. The molecule has 0 aromatic heterocycles. The summed E-state index contributed by atoms with van der Waals surface area (Å²) < 4.78 is 6.17. The molecule has 0 bridgehead atoms. The average molecular weight is 341 g/mol. The molecular formula is C14H11BrClNO2. The summed E-state index contributed by atoms with van der Waals surface area (Å²) >= 11 is 9.20. The van der Waals surface area contributed by atoms with Crippen LogP contribution in [-0.4, -0.2) is 5.97 Å². The van der Waals surface area contributed by atoms with Crippen LogP contribution in [0.15, 0.2) is 46.9 Å². The fourth-order valence-electron chi connectivity index (χ4n) is 1.47. The Kier molecular flexibility index (Phi) is 4.45.